The molecule has 1 aliphatic heterocycles. The number of carbonyl (C=O) groups excluding carboxylic acids is 3. The minimum Gasteiger partial charge on any atom is -0.303 e. The molecule has 16 heavy (non-hydrogen) atoms. The van der Waals surface area contributed by atoms with Crippen molar-refractivity contribution in [3.05, 3.63) is 0 Å². The zero-order valence-electron chi connectivity index (χ0n) is 9.92. The summed E-state index contributed by atoms with van der Waals surface area (Å²) in [6.07, 6.45) is 2.50. The van der Waals surface area contributed by atoms with Gasteiger partial charge in [0, 0.05) is 16.2 Å². The van der Waals surface area contributed by atoms with Gasteiger partial charge in [0.2, 0.25) is 11.8 Å². The third-order valence-electron chi connectivity index (χ3n) is 3.98. The van der Waals surface area contributed by atoms with Crippen molar-refractivity contribution in [2.24, 2.45) is 16.2 Å². The molecule has 1 saturated carbocycles. The summed E-state index contributed by atoms with van der Waals surface area (Å²) in [6, 6.07) is 0. The molecule has 4 nitrogen and oxygen atoms in total. The first-order valence-corrected chi connectivity index (χ1v) is 5.55. The van der Waals surface area contributed by atoms with E-state index >= 15 is 0 Å². The second-order valence-corrected chi connectivity index (χ2v) is 6.21. The van der Waals surface area contributed by atoms with Crippen LogP contribution in [0.2, 0.25) is 0 Å². The number of aldehydes is 1. The molecule has 2 fully saturated rings. The van der Waals surface area contributed by atoms with Gasteiger partial charge in [0.1, 0.15) is 6.29 Å². The van der Waals surface area contributed by atoms with Crippen molar-refractivity contribution < 1.29 is 14.4 Å². The molecule has 2 amide bonds. The lowest BCUT2D eigenvalue weighted by molar-refractivity contribution is -0.161. The number of nitrogens with one attached hydrogen (secondary N) is 1. The number of piperidine rings is 1. The van der Waals surface area contributed by atoms with Gasteiger partial charge in [-0.05, 0) is 19.3 Å². The Bertz CT molecular complexity index is 354. The molecule has 0 aromatic carbocycles. The van der Waals surface area contributed by atoms with Gasteiger partial charge in [0.15, 0.2) is 0 Å². The van der Waals surface area contributed by atoms with Crippen LogP contribution >= 0.6 is 0 Å². The molecule has 2 unspecified atom stereocenters. The molecule has 2 bridgehead atoms. The summed E-state index contributed by atoms with van der Waals surface area (Å²) in [5, 5.41) is 2.43. The van der Waals surface area contributed by atoms with Gasteiger partial charge in [0.25, 0.3) is 0 Å². The van der Waals surface area contributed by atoms with E-state index in [0.717, 1.165) is 6.29 Å². The Morgan fingerprint density at radius 3 is 1.81 bits per heavy atom. The Hall–Kier alpha value is -1.19. The van der Waals surface area contributed by atoms with Crippen molar-refractivity contribution in [1.82, 2.24) is 5.32 Å². The second kappa shape index (κ2) is 2.93. The number of amides is 2. The maximum absolute atomic E-state index is 11.8. The van der Waals surface area contributed by atoms with Gasteiger partial charge in [-0.2, -0.15) is 0 Å². The third-order valence-corrected chi connectivity index (χ3v) is 3.98. The lowest BCUT2D eigenvalue weighted by Gasteiger charge is -2.52. The van der Waals surface area contributed by atoms with Gasteiger partial charge >= 0.3 is 0 Å². The molecule has 0 spiro atoms. The minimum absolute atomic E-state index is 0.234. The van der Waals surface area contributed by atoms with E-state index in [9.17, 15) is 14.4 Å². The molecule has 0 aromatic rings. The maximum atomic E-state index is 11.8. The molecule has 2 rings (SSSR count). The minimum atomic E-state index is -0.587. The van der Waals surface area contributed by atoms with Gasteiger partial charge in [-0.25, -0.2) is 0 Å². The fraction of sp³-hybridized carbons (Fsp3) is 0.750. The highest BCUT2D eigenvalue weighted by molar-refractivity contribution is 6.04. The van der Waals surface area contributed by atoms with Crippen molar-refractivity contribution in [2.45, 2.75) is 40.0 Å². The first-order valence-electron chi connectivity index (χ1n) is 5.55. The summed E-state index contributed by atoms with van der Waals surface area (Å²) in [4.78, 5) is 34.8. The maximum Gasteiger partial charge on any atom is 0.232 e. The quantitative estimate of drug-likeness (QED) is 0.533. The fourth-order valence-corrected chi connectivity index (χ4v) is 3.64. The molecule has 2 atom stereocenters. The second-order valence-electron chi connectivity index (χ2n) is 6.21. The average molecular weight is 223 g/mol. The zero-order valence-corrected chi connectivity index (χ0v) is 9.92. The summed E-state index contributed by atoms with van der Waals surface area (Å²) >= 11 is 0. The van der Waals surface area contributed by atoms with Crippen molar-refractivity contribution >= 4 is 18.1 Å². The lowest BCUT2D eigenvalue weighted by Crippen LogP contribution is -2.61. The van der Waals surface area contributed by atoms with Crippen LogP contribution in [0, 0.1) is 16.2 Å². The first kappa shape index (κ1) is 11.3. The van der Waals surface area contributed by atoms with Gasteiger partial charge in [-0.3, -0.25) is 14.9 Å². The van der Waals surface area contributed by atoms with Crippen molar-refractivity contribution in [2.75, 3.05) is 0 Å². The van der Waals surface area contributed by atoms with Gasteiger partial charge in [-0.1, -0.05) is 20.8 Å². The molecule has 1 saturated heterocycles. The van der Waals surface area contributed by atoms with Crippen LogP contribution in [0.3, 0.4) is 0 Å². The van der Waals surface area contributed by atoms with Crippen LogP contribution in [-0.2, 0) is 14.4 Å². The van der Waals surface area contributed by atoms with Crippen LogP contribution in [0.5, 0.6) is 0 Å². The van der Waals surface area contributed by atoms with E-state index in [4.69, 9.17) is 0 Å². The molecule has 0 aromatic heterocycles. The largest absolute Gasteiger partial charge is 0.303 e. The highest BCUT2D eigenvalue weighted by Gasteiger charge is 2.58. The molecule has 0 radical (unpaired) electrons. The van der Waals surface area contributed by atoms with Gasteiger partial charge in [-0.15, -0.1) is 0 Å². The summed E-state index contributed by atoms with van der Waals surface area (Å²) in [5.41, 5.74) is -1.73. The molecule has 88 valence electrons. The number of hydrogen-bond acceptors (Lipinski definition) is 3. The third kappa shape index (κ3) is 1.39. The summed E-state index contributed by atoms with van der Waals surface area (Å²) in [5.74, 6) is -0.467. The van der Waals surface area contributed by atoms with Crippen molar-refractivity contribution in [3.8, 4) is 0 Å². The Balaban J connectivity index is 2.47. The zero-order chi connectivity index (χ0) is 12.2. The number of carbonyl (C=O) groups is 3. The topological polar surface area (TPSA) is 63.2 Å². The Morgan fingerprint density at radius 2 is 1.44 bits per heavy atom. The highest BCUT2D eigenvalue weighted by Crippen LogP contribution is 2.55. The molecule has 4 heteroatoms. The van der Waals surface area contributed by atoms with E-state index < -0.39 is 16.2 Å². The Kier molecular flexibility index (Phi) is 2.07. The molecule has 1 aliphatic carbocycles. The predicted octanol–water partition coefficient (Wildman–Crippen LogP) is 1.04. The number of rotatable bonds is 1. The monoisotopic (exact) mass is 223 g/mol. The van der Waals surface area contributed by atoms with Gasteiger partial charge < -0.3 is 4.79 Å². The number of imide groups is 1. The van der Waals surface area contributed by atoms with Gasteiger partial charge in [0.05, 0.1) is 0 Å². The Labute approximate surface area is 94.8 Å². The summed E-state index contributed by atoms with van der Waals surface area (Å²) in [6.45, 7) is 5.52. The van der Waals surface area contributed by atoms with E-state index in [2.05, 4.69) is 5.32 Å². The van der Waals surface area contributed by atoms with E-state index in [1.807, 2.05) is 20.8 Å². The van der Waals surface area contributed by atoms with Crippen LogP contribution in [-0.4, -0.2) is 18.1 Å². The number of hydrogen-bond donors (Lipinski definition) is 1. The fourth-order valence-electron chi connectivity index (χ4n) is 3.64. The SMILES string of the molecule is CC1(C=O)CC2(C)CC(C)(C1)C(=O)NC2=O. The molecular weight excluding hydrogens is 206 g/mol. The van der Waals surface area contributed by atoms with Crippen LogP contribution in [0.15, 0.2) is 0 Å². The van der Waals surface area contributed by atoms with Crippen LogP contribution in [0.25, 0.3) is 0 Å². The van der Waals surface area contributed by atoms with Crippen LogP contribution in [0.4, 0.5) is 0 Å². The van der Waals surface area contributed by atoms with Crippen LogP contribution < -0.4 is 5.32 Å². The smallest absolute Gasteiger partial charge is 0.232 e. The standard InChI is InChI=1S/C12H17NO3/c1-10(7-14)4-11(2)6-12(3,5-10)9(16)13-8(11)15/h7H,4-6H2,1-3H3,(H,13,15,16). The van der Waals surface area contributed by atoms with Crippen LogP contribution in [0.1, 0.15) is 40.0 Å². The summed E-state index contributed by atoms with van der Waals surface area (Å²) in [7, 11) is 0. The molecule has 2 aliphatic rings. The average Bonchev–Trinajstić information content (AvgIpc) is 2.14. The van der Waals surface area contributed by atoms with E-state index in [0.29, 0.717) is 19.3 Å². The lowest BCUT2D eigenvalue weighted by atomic mass is 9.52. The van der Waals surface area contributed by atoms with E-state index in [1.54, 1.807) is 0 Å². The van der Waals surface area contributed by atoms with E-state index in [-0.39, 0.29) is 11.8 Å². The first-order chi connectivity index (χ1) is 7.23. The molecule has 1 N–H and O–H groups in total. The van der Waals surface area contributed by atoms with E-state index in [1.165, 1.54) is 0 Å². The molecule has 1 heterocycles. The Morgan fingerprint density at radius 1 is 1.00 bits per heavy atom. The normalized spacial score (nSPS) is 47.4. The molecular formula is C12H17NO3. The van der Waals surface area contributed by atoms with Crippen molar-refractivity contribution in [3.63, 3.8) is 0 Å². The number of fused-ring (bicyclic) bond motifs is 2. The van der Waals surface area contributed by atoms with Crippen molar-refractivity contribution in [1.29, 1.82) is 0 Å². The highest BCUT2D eigenvalue weighted by atomic mass is 16.2. The summed E-state index contributed by atoms with van der Waals surface area (Å²) < 4.78 is 0. The predicted molar refractivity (Wildman–Crippen MR) is 57.4 cm³/mol.